The number of hydrogen-bond donors (Lipinski definition) is 0. The fraction of sp³-hybridized carbons (Fsp3) is 0.217. The molecule has 0 aliphatic carbocycles. The molecule has 1 aliphatic heterocycles. The van der Waals surface area contributed by atoms with Gasteiger partial charge in [0.25, 0.3) is 0 Å². The van der Waals surface area contributed by atoms with Crippen molar-refractivity contribution in [2.75, 3.05) is 12.0 Å². The predicted octanol–water partition coefficient (Wildman–Crippen LogP) is 5.06. The molecule has 1 aromatic heterocycles. The highest BCUT2D eigenvalue weighted by atomic mass is 35.5. The van der Waals surface area contributed by atoms with Crippen LogP contribution >= 0.6 is 11.6 Å². The molecule has 4 nitrogen and oxygen atoms in total. The summed E-state index contributed by atoms with van der Waals surface area (Å²) in [5, 5.41) is 0.689. The van der Waals surface area contributed by atoms with E-state index in [2.05, 4.69) is 17.1 Å². The van der Waals surface area contributed by atoms with E-state index >= 15 is 0 Å². The summed E-state index contributed by atoms with van der Waals surface area (Å²) in [7, 11) is 1.69. The number of methoxy groups -OCH3 is 1. The molecule has 0 unspecified atom stereocenters. The molecule has 2 heterocycles. The van der Waals surface area contributed by atoms with Gasteiger partial charge in [0.1, 0.15) is 5.75 Å². The van der Waals surface area contributed by atoms with Gasteiger partial charge >= 0.3 is 0 Å². The van der Waals surface area contributed by atoms with Crippen molar-refractivity contribution in [3.05, 3.63) is 76.6 Å². The number of pyridine rings is 1. The Hall–Kier alpha value is -2.85. The van der Waals surface area contributed by atoms with Crippen LogP contribution in [0.15, 0.2) is 54.9 Å². The largest absolute Gasteiger partial charge is 0.496 e. The van der Waals surface area contributed by atoms with E-state index in [0.29, 0.717) is 11.6 Å². The summed E-state index contributed by atoms with van der Waals surface area (Å²) in [5.74, 6) is 0.837. The second-order valence-electron chi connectivity index (χ2n) is 6.94. The van der Waals surface area contributed by atoms with Gasteiger partial charge in [-0.2, -0.15) is 0 Å². The Balaban J connectivity index is 1.84. The van der Waals surface area contributed by atoms with Gasteiger partial charge in [-0.3, -0.25) is 9.78 Å². The van der Waals surface area contributed by atoms with Gasteiger partial charge in [0.15, 0.2) is 0 Å². The summed E-state index contributed by atoms with van der Waals surface area (Å²) in [4.78, 5) is 18.4. The number of anilines is 1. The number of halogens is 1. The van der Waals surface area contributed by atoms with E-state index in [1.807, 2.05) is 35.2 Å². The minimum atomic E-state index is 0.0118. The molecule has 142 valence electrons. The van der Waals surface area contributed by atoms with Crippen LogP contribution in [0.1, 0.15) is 23.6 Å². The molecule has 0 N–H and O–H groups in total. The maximum absolute atomic E-state index is 12.5. The predicted molar refractivity (Wildman–Crippen MR) is 112 cm³/mol. The van der Waals surface area contributed by atoms with E-state index in [1.165, 1.54) is 5.56 Å². The van der Waals surface area contributed by atoms with Crippen molar-refractivity contribution in [3.8, 4) is 16.9 Å². The number of nitrogens with zero attached hydrogens (tertiary/aromatic N) is 2. The third-order valence-corrected chi connectivity index (χ3v) is 5.45. The molecular weight excluding hydrogens is 372 g/mol. The average molecular weight is 393 g/mol. The first kappa shape index (κ1) is 18.5. The highest BCUT2D eigenvalue weighted by molar-refractivity contribution is 6.30. The molecule has 1 amide bonds. The van der Waals surface area contributed by atoms with E-state index in [4.69, 9.17) is 16.3 Å². The molecule has 0 fully saturated rings. The SMILES string of the molecule is COc1cc2c(cc1-c1ccncc1)CN(C(C)=O)c1ccc(Cl)cc1CC2. The van der Waals surface area contributed by atoms with Crippen molar-refractivity contribution in [2.45, 2.75) is 26.3 Å². The van der Waals surface area contributed by atoms with Crippen LogP contribution in [0.4, 0.5) is 5.69 Å². The van der Waals surface area contributed by atoms with Gasteiger partial charge in [0, 0.05) is 35.6 Å². The van der Waals surface area contributed by atoms with Gasteiger partial charge < -0.3 is 9.64 Å². The number of ether oxygens (including phenoxy) is 1. The summed E-state index contributed by atoms with van der Waals surface area (Å²) in [6.07, 6.45) is 5.21. The summed E-state index contributed by atoms with van der Waals surface area (Å²) >= 11 is 6.21. The molecule has 4 rings (SSSR count). The maximum atomic E-state index is 12.5. The van der Waals surface area contributed by atoms with Crippen LogP contribution in [-0.4, -0.2) is 18.0 Å². The van der Waals surface area contributed by atoms with E-state index in [9.17, 15) is 4.79 Å². The Labute approximate surface area is 169 Å². The minimum Gasteiger partial charge on any atom is -0.496 e. The fourth-order valence-electron chi connectivity index (χ4n) is 3.80. The third-order valence-electron chi connectivity index (χ3n) is 5.22. The van der Waals surface area contributed by atoms with E-state index in [1.54, 1.807) is 26.4 Å². The third kappa shape index (κ3) is 3.48. The molecule has 2 aromatic carbocycles. The van der Waals surface area contributed by atoms with Crippen molar-refractivity contribution in [3.63, 3.8) is 0 Å². The Morgan fingerprint density at radius 1 is 1.04 bits per heavy atom. The lowest BCUT2D eigenvalue weighted by Crippen LogP contribution is -2.30. The van der Waals surface area contributed by atoms with Crippen LogP contribution in [0.2, 0.25) is 5.02 Å². The van der Waals surface area contributed by atoms with E-state index < -0.39 is 0 Å². The van der Waals surface area contributed by atoms with Gasteiger partial charge in [-0.25, -0.2) is 0 Å². The van der Waals surface area contributed by atoms with Crippen molar-refractivity contribution < 1.29 is 9.53 Å². The van der Waals surface area contributed by atoms with Gasteiger partial charge in [0.2, 0.25) is 5.91 Å². The highest BCUT2D eigenvalue weighted by Crippen LogP contribution is 2.36. The Morgan fingerprint density at radius 2 is 1.79 bits per heavy atom. The number of carbonyl (C=O) groups is 1. The summed E-state index contributed by atoms with van der Waals surface area (Å²) in [6, 6.07) is 13.9. The molecule has 0 spiro atoms. The van der Waals surface area contributed by atoms with Crippen LogP contribution in [0.25, 0.3) is 11.1 Å². The summed E-state index contributed by atoms with van der Waals surface area (Å²) in [5.41, 5.74) is 6.38. The Morgan fingerprint density at radius 3 is 2.50 bits per heavy atom. The normalized spacial score (nSPS) is 13.2. The van der Waals surface area contributed by atoms with Crippen LogP contribution in [0.3, 0.4) is 0 Å². The Bertz CT molecular complexity index is 1030. The van der Waals surface area contributed by atoms with E-state index in [-0.39, 0.29) is 5.91 Å². The standard InChI is InChI=1S/C23H21ClN2O2/c1-15(27)26-14-19-12-21(16-7-9-25-10-8-16)23(28-2)13-17(19)3-4-18-11-20(24)5-6-22(18)26/h5-13H,3-4,14H2,1-2H3. The number of aryl methyl sites for hydroxylation is 2. The molecule has 28 heavy (non-hydrogen) atoms. The maximum Gasteiger partial charge on any atom is 0.224 e. The minimum absolute atomic E-state index is 0.0118. The van der Waals surface area contributed by atoms with Crippen molar-refractivity contribution >= 4 is 23.2 Å². The molecule has 5 heteroatoms. The van der Waals surface area contributed by atoms with Gasteiger partial charge in [0.05, 0.1) is 13.7 Å². The lowest BCUT2D eigenvalue weighted by Gasteiger charge is -2.29. The molecule has 0 radical (unpaired) electrons. The van der Waals surface area contributed by atoms with Crippen LogP contribution in [0.5, 0.6) is 5.75 Å². The number of carbonyl (C=O) groups excluding carboxylic acids is 1. The number of aromatic nitrogens is 1. The highest BCUT2D eigenvalue weighted by Gasteiger charge is 2.22. The van der Waals surface area contributed by atoms with Gasteiger partial charge in [-0.15, -0.1) is 0 Å². The Kier molecular flexibility index (Phi) is 5.05. The molecule has 0 saturated heterocycles. The monoisotopic (exact) mass is 392 g/mol. The molecule has 0 bridgehead atoms. The van der Waals surface area contributed by atoms with E-state index in [0.717, 1.165) is 46.5 Å². The molecule has 1 aliphatic rings. The summed E-state index contributed by atoms with van der Waals surface area (Å²) < 4.78 is 5.68. The zero-order valence-corrected chi connectivity index (χ0v) is 16.7. The van der Waals surface area contributed by atoms with Crippen molar-refractivity contribution in [1.82, 2.24) is 4.98 Å². The second-order valence-corrected chi connectivity index (χ2v) is 7.37. The number of rotatable bonds is 2. The van der Waals surface area contributed by atoms with Crippen molar-refractivity contribution in [1.29, 1.82) is 0 Å². The lowest BCUT2D eigenvalue weighted by atomic mass is 9.92. The summed E-state index contributed by atoms with van der Waals surface area (Å²) in [6.45, 7) is 2.12. The van der Waals surface area contributed by atoms with Crippen molar-refractivity contribution in [2.24, 2.45) is 0 Å². The quantitative estimate of drug-likeness (QED) is 0.612. The van der Waals surface area contributed by atoms with Gasteiger partial charge in [-0.05, 0) is 77.6 Å². The van der Waals surface area contributed by atoms with Crippen LogP contribution in [-0.2, 0) is 24.2 Å². The van der Waals surface area contributed by atoms with Gasteiger partial charge in [-0.1, -0.05) is 11.6 Å². The number of amides is 1. The first-order valence-corrected chi connectivity index (χ1v) is 9.61. The average Bonchev–Trinajstić information content (AvgIpc) is 2.70. The fourth-order valence-corrected chi connectivity index (χ4v) is 3.99. The number of fused-ring (bicyclic) bond motifs is 2. The lowest BCUT2D eigenvalue weighted by molar-refractivity contribution is -0.116. The molecular formula is C23H21ClN2O2. The van der Waals surface area contributed by atoms with Crippen LogP contribution < -0.4 is 9.64 Å². The zero-order chi connectivity index (χ0) is 19.7. The first-order chi connectivity index (χ1) is 13.6. The first-order valence-electron chi connectivity index (χ1n) is 9.23. The van der Waals surface area contributed by atoms with Crippen LogP contribution in [0, 0.1) is 0 Å². The number of benzene rings is 2. The molecule has 3 aromatic rings. The number of hydrogen-bond acceptors (Lipinski definition) is 3. The topological polar surface area (TPSA) is 42.4 Å². The smallest absolute Gasteiger partial charge is 0.224 e. The second kappa shape index (κ2) is 7.64. The molecule has 0 atom stereocenters. The molecule has 0 saturated carbocycles. The zero-order valence-electron chi connectivity index (χ0n) is 15.9.